The van der Waals surface area contributed by atoms with E-state index in [4.69, 9.17) is 13.9 Å². The maximum absolute atomic E-state index is 6.30. The summed E-state index contributed by atoms with van der Waals surface area (Å²) in [6.45, 7) is 9.34. The summed E-state index contributed by atoms with van der Waals surface area (Å²) in [5.74, 6) is 3.32. The van der Waals surface area contributed by atoms with Gasteiger partial charge in [-0.3, -0.25) is 0 Å². The standard InChI is InChI=1S/C31H36N2O3/c1-6-8-9-23(7-2)20-35-28-19-27(29(34-5)18-22(28)4)24-14-16-26(17-15-24)31-33-32-30(36-31)25-12-10-21(3)11-13-25/h10-19,23H,6-9,20H2,1-5H3. The van der Waals surface area contributed by atoms with Crippen LogP contribution in [0.25, 0.3) is 34.0 Å². The Labute approximate surface area is 214 Å². The number of ether oxygens (including phenoxy) is 2. The number of nitrogens with zero attached hydrogens (tertiary/aromatic N) is 2. The van der Waals surface area contributed by atoms with Crippen molar-refractivity contribution in [2.24, 2.45) is 5.92 Å². The highest BCUT2D eigenvalue weighted by Crippen LogP contribution is 2.37. The molecule has 1 heterocycles. The molecule has 36 heavy (non-hydrogen) atoms. The summed E-state index contributed by atoms with van der Waals surface area (Å²) in [5, 5.41) is 8.48. The van der Waals surface area contributed by atoms with Crippen LogP contribution in [0.15, 0.2) is 65.1 Å². The number of hydrogen-bond acceptors (Lipinski definition) is 5. The Balaban J connectivity index is 1.55. The number of benzene rings is 3. The van der Waals surface area contributed by atoms with E-state index in [1.807, 2.05) is 36.4 Å². The van der Waals surface area contributed by atoms with Gasteiger partial charge in [-0.05, 0) is 73.7 Å². The third-order valence-electron chi connectivity index (χ3n) is 6.68. The SMILES string of the molecule is CCCCC(CC)COc1cc(-c2ccc(-c3nnc(-c4ccc(C)cc4)o3)cc2)c(OC)cc1C. The Morgan fingerprint density at radius 3 is 2.00 bits per heavy atom. The van der Waals surface area contributed by atoms with E-state index in [0.29, 0.717) is 17.7 Å². The van der Waals surface area contributed by atoms with Crippen molar-refractivity contribution in [3.05, 3.63) is 71.8 Å². The molecule has 0 saturated heterocycles. The summed E-state index contributed by atoms with van der Waals surface area (Å²) in [6.07, 6.45) is 4.80. The predicted octanol–water partition coefficient (Wildman–Crippen LogP) is 8.29. The Hall–Kier alpha value is -3.60. The molecule has 5 heteroatoms. The second kappa shape index (κ2) is 11.9. The van der Waals surface area contributed by atoms with Crippen LogP contribution in [-0.2, 0) is 0 Å². The molecule has 3 aromatic carbocycles. The van der Waals surface area contributed by atoms with E-state index >= 15 is 0 Å². The van der Waals surface area contributed by atoms with Gasteiger partial charge in [0.05, 0.1) is 13.7 Å². The molecule has 0 amide bonds. The molecule has 0 bridgehead atoms. The first kappa shape index (κ1) is 25.5. The molecule has 1 atom stereocenters. The minimum Gasteiger partial charge on any atom is -0.496 e. The molecule has 0 saturated carbocycles. The minimum absolute atomic E-state index is 0.495. The monoisotopic (exact) mass is 484 g/mol. The second-order valence-electron chi connectivity index (χ2n) is 9.40. The average molecular weight is 485 g/mol. The van der Waals surface area contributed by atoms with Gasteiger partial charge in [-0.2, -0.15) is 0 Å². The highest BCUT2D eigenvalue weighted by Gasteiger charge is 2.15. The fourth-order valence-electron chi connectivity index (χ4n) is 4.26. The first-order valence-corrected chi connectivity index (χ1v) is 12.8. The lowest BCUT2D eigenvalue weighted by Gasteiger charge is -2.19. The summed E-state index contributed by atoms with van der Waals surface area (Å²) in [7, 11) is 1.70. The normalized spacial score (nSPS) is 11.9. The first-order chi connectivity index (χ1) is 17.5. The van der Waals surface area contributed by atoms with Gasteiger partial charge in [0.1, 0.15) is 11.5 Å². The summed E-state index contributed by atoms with van der Waals surface area (Å²) in [4.78, 5) is 0. The number of aromatic nitrogens is 2. The van der Waals surface area contributed by atoms with Crippen LogP contribution in [0, 0.1) is 19.8 Å². The maximum atomic E-state index is 6.30. The van der Waals surface area contributed by atoms with Crippen LogP contribution < -0.4 is 9.47 Å². The smallest absolute Gasteiger partial charge is 0.248 e. The average Bonchev–Trinajstić information content (AvgIpc) is 3.40. The number of aryl methyl sites for hydroxylation is 2. The number of unbranched alkanes of at least 4 members (excludes halogenated alkanes) is 1. The molecule has 0 spiro atoms. The third-order valence-corrected chi connectivity index (χ3v) is 6.68. The van der Waals surface area contributed by atoms with Crippen LogP contribution in [0.2, 0.25) is 0 Å². The van der Waals surface area contributed by atoms with Gasteiger partial charge in [-0.15, -0.1) is 10.2 Å². The highest BCUT2D eigenvalue weighted by atomic mass is 16.5. The molecule has 188 valence electrons. The lowest BCUT2D eigenvalue weighted by Crippen LogP contribution is -2.12. The van der Waals surface area contributed by atoms with Gasteiger partial charge in [0.2, 0.25) is 11.8 Å². The Kier molecular flexibility index (Phi) is 8.42. The van der Waals surface area contributed by atoms with Crippen LogP contribution >= 0.6 is 0 Å². The largest absolute Gasteiger partial charge is 0.496 e. The summed E-state index contributed by atoms with van der Waals surface area (Å²) < 4.78 is 18.0. The van der Waals surface area contributed by atoms with Crippen LogP contribution in [-0.4, -0.2) is 23.9 Å². The Bertz CT molecular complexity index is 1260. The van der Waals surface area contributed by atoms with Gasteiger partial charge in [0.15, 0.2) is 0 Å². The number of methoxy groups -OCH3 is 1. The van der Waals surface area contributed by atoms with Crippen molar-refractivity contribution < 1.29 is 13.9 Å². The van der Waals surface area contributed by atoms with Crippen LogP contribution in [0.5, 0.6) is 11.5 Å². The molecule has 5 nitrogen and oxygen atoms in total. The van der Waals surface area contributed by atoms with Crippen molar-refractivity contribution >= 4 is 0 Å². The molecule has 4 rings (SSSR count). The first-order valence-electron chi connectivity index (χ1n) is 12.8. The topological polar surface area (TPSA) is 57.4 Å². The molecular formula is C31H36N2O3. The van der Waals surface area contributed by atoms with Gasteiger partial charge in [0.25, 0.3) is 0 Å². The van der Waals surface area contributed by atoms with Crippen molar-refractivity contribution in [1.82, 2.24) is 10.2 Å². The molecule has 4 aromatic rings. The summed E-state index contributed by atoms with van der Waals surface area (Å²) in [5.41, 5.74) is 6.08. The summed E-state index contributed by atoms with van der Waals surface area (Å²) in [6, 6.07) is 20.3. The van der Waals surface area contributed by atoms with Crippen LogP contribution in [0.4, 0.5) is 0 Å². The molecule has 0 radical (unpaired) electrons. The molecule has 0 fully saturated rings. The molecule has 0 aliphatic rings. The molecule has 1 aromatic heterocycles. The molecule has 1 unspecified atom stereocenters. The van der Waals surface area contributed by atoms with E-state index in [1.165, 1.54) is 24.8 Å². The fourth-order valence-corrected chi connectivity index (χ4v) is 4.26. The Morgan fingerprint density at radius 1 is 0.806 bits per heavy atom. The van der Waals surface area contributed by atoms with Crippen molar-refractivity contribution in [3.8, 4) is 45.5 Å². The molecular weight excluding hydrogens is 448 g/mol. The zero-order valence-electron chi connectivity index (χ0n) is 22.0. The number of rotatable bonds is 11. The van der Waals surface area contributed by atoms with Crippen LogP contribution in [0.3, 0.4) is 0 Å². The molecule has 0 aliphatic carbocycles. The van der Waals surface area contributed by atoms with Crippen molar-refractivity contribution in [2.45, 2.75) is 53.4 Å². The van der Waals surface area contributed by atoms with Gasteiger partial charge in [-0.25, -0.2) is 0 Å². The van der Waals surface area contributed by atoms with E-state index < -0.39 is 0 Å². The minimum atomic E-state index is 0.495. The van der Waals surface area contributed by atoms with E-state index in [2.05, 4.69) is 62.2 Å². The molecule has 0 N–H and O–H groups in total. The van der Waals surface area contributed by atoms with Gasteiger partial charge >= 0.3 is 0 Å². The second-order valence-corrected chi connectivity index (χ2v) is 9.40. The van der Waals surface area contributed by atoms with Crippen molar-refractivity contribution in [3.63, 3.8) is 0 Å². The van der Waals surface area contributed by atoms with E-state index in [0.717, 1.165) is 52.3 Å². The lowest BCUT2D eigenvalue weighted by molar-refractivity contribution is 0.232. The van der Waals surface area contributed by atoms with Crippen LogP contribution in [0.1, 0.15) is 50.7 Å². The highest BCUT2D eigenvalue weighted by molar-refractivity contribution is 5.75. The van der Waals surface area contributed by atoms with Gasteiger partial charge in [-0.1, -0.05) is 62.9 Å². The zero-order chi connectivity index (χ0) is 25.5. The van der Waals surface area contributed by atoms with E-state index in [9.17, 15) is 0 Å². The molecule has 0 aliphatic heterocycles. The fraction of sp³-hybridized carbons (Fsp3) is 0.355. The third kappa shape index (κ3) is 5.96. The maximum Gasteiger partial charge on any atom is 0.248 e. The summed E-state index contributed by atoms with van der Waals surface area (Å²) >= 11 is 0. The van der Waals surface area contributed by atoms with Crippen molar-refractivity contribution in [1.29, 1.82) is 0 Å². The van der Waals surface area contributed by atoms with E-state index in [1.54, 1.807) is 7.11 Å². The quantitative estimate of drug-likeness (QED) is 0.214. The van der Waals surface area contributed by atoms with Crippen molar-refractivity contribution in [2.75, 3.05) is 13.7 Å². The zero-order valence-corrected chi connectivity index (χ0v) is 22.0. The lowest BCUT2D eigenvalue weighted by atomic mass is 9.99. The number of hydrogen-bond donors (Lipinski definition) is 0. The van der Waals surface area contributed by atoms with Gasteiger partial charge in [0, 0.05) is 16.7 Å². The predicted molar refractivity (Wildman–Crippen MR) is 145 cm³/mol. The van der Waals surface area contributed by atoms with Gasteiger partial charge < -0.3 is 13.9 Å². The Morgan fingerprint density at radius 2 is 1.42 bits per heavy atom. The van der Waals surface area contributed by atoms with E-state index in [-0.39, 0.29) is 0 Å².